The minimum atomic E-state index is 0.109. The van der Waals surface area contributed by atoms with E-state index in [1.54, 1.807) is 7.11 Å². The number of halogens is 1. The Morgan fingerprint density at radius 1 is 1.19 bits per heavy atom. The van der Waals surface area contributed by atoms with Crippen LogP contribution in [0, 0.1) is 0 Å². The van der Waals surface area contributed by atoms with Crippen LogP contribution >= 0.6 is 11.6 Å². The van der Waals surface area contributed by atoms with Gasteiger partial charge in [-0.05, 0) is 29.2 Å². The van der Waals surface area contributed by atoms with Crippen molar-refractivity contribution in [2.24, 2.45) is 0 Å². The zero-order valence-electron chi connectivity index (χ0n) is 12.9. The summed E-state index contributed by atoms with van der Waals surface area (Å²) in [5.41, 5.74) is 2.25. The fraction of sp³-hybridized carbons (Fsp3) is 0.353. The van der Waals surface area contributed by atoms with Gasteiger partial charge in [0, 0.05) is 23.3 Å². The second-order valence-electron chi connectivity index (χ2n) is 5.96. The molecule has 0 bridgehead atoms. The first-order valence-electron chi connectivity index (χ1n) is 6.93. The summed E-state index contributed by atoms with van der Waals surface area (Å²) in [4.78, 5) is 4.45. The lowest BCUT2D eigenvalue weighted by atomic mass is 9.88. The van der Waals surface area contributed by atoms with Crippen molar-refractivity contribution in [3.05, 3.63) is 52.7 Å². The monoisotopic (exact) mass is 304 g/mol. The molecule has 112 valence electrons. The van der Waals surface area contributed by atoms with Crippen LogP contribution in [0.2, 0.25) is 5.02 Å². The summed E-state index contributed by atoms with van der Waals surface area (Å²) in [6, 6.07) is 9.72. The highest BCUT2D eigenvalue weighted by Gasteiger charge is 2.13. The van der Waals surface area contributed by atoms with Gasteiger partial charge in [0.2, 0.25) is 0 Å². The number of nitrogens with one attached hydrogen (secondary N) is 1. The molecule has 1 heterocycles. The van der Waals surface area contributed by atoms with Crippen molar-refractivity contribution in [1.82, 2.24) is 4.98 Å². The Morgan fingerprint density at radius 2 is 1.95 bits per heavy atom. The number of methoxy groups -OCH3 is 1. The summed E-state index contributed by atoms with van der Waals surface area (Å²) in [5, 5.41) is 3.97. The van der Waals surface area contributed by atoms with Crippen molar-refractivity contribution in [3.63, 3.8) is 0 Å². The average molecular weight is 305 g/mol. The van der Waals surface area contributed by atoms with Gasteiger partial charge in [0.25, 0.3) is 0 Å². The van der Waals surface area contributed by atoms with Crippen LogP contribution in [0.5, 0.6) is 5.75 Å². The molecule has 2 aromatic rings. The number of aromatic nitrogens is 1. The van der Waals surface area contributed by atoms with Crippen molar-refractivity contribution < 1.29 is 4.74 Å². The van der Waals surface area contributed by atoms with Crippen LogP contribution in [-0.4, -0.2) is 12.1 Å². The molecule has 0 unspecified atom stereocenters. The Labute approximate surface area is 131 Å². The Hall–Kier alpha value is -1.74. The Balaban J connectivity index is 2.10. The predicted octanol–water partition coefficient (Wildman–Crippen LogP) is 4.65. The van der Waals surface area contributed by atoms with Crippen LogP contribution in [0.25, 0.3) is 0 Å². The summed E-state index contributed by atoms with van der Waals surface area (Å²) < 4.78 is 5.33. The molecule has 1 aromatic heterocycles. The van der Waals surface area contributed by atoms with E-state index in [1.807, 2.05) is 30.5 Å². The van der Waals surface area contributed by atoms with E-state index in [0.29, 0.717) is 11.6 Å². The molecule has 0 spiro atoms. The van der Waals surface area contributed by atoms with Crippen LogP contribution < -0.4 is 10.1 Å². The molecule has 0 saturated heterocycles. The van der Waals surface area contributed by atoms with Crippen molar-refractivity contribution >= 4 is 17.4 Å². The Kier molecular flexibility index (Phi) is 4.73. The highest BCUT2D eigenvalue weighted by molar-refractivity contribution is 6.31. The molecular weight excluding hydrogens is 284 g/mol. The molecule has 0 aliphatic heterocycles. The zero-order valence-corrected chi connectivity index (χ0v) is 13.7. The van der Waals surface area contributed by atoms with Gasteiger partial charge in [-0.1, -0.05) is 44.5 Å². The lowest BCUT2D eigenvalue weighted by Crippen LogP contribution is -2.12. The van der Waals surface area contributed by atoms with Gasteiger partial charge in [0.1, 0.15) is 11.6 Å². The number of hydrogen-bond acceptors (Lipinski definition) is 3. The summed E-state index contributed by atoms with van der Waals surface area (Å²) in [5.74, 6) is 1.60. The third kappa shape index (κ3) is 3.88. The van der Waals surface area contributed by atoms with Crippen LogP contribution in [0.15, 0.2) is 36.5 Å². The summed E-state index contributed by atoms with van der Waals surface area (Å²) in [6.07, 6.45) is 1.91. The van der Waals surface area contributed by atoms with Gasteiger partial charge in [0.05, 0.1) is 7.11 Å². The van der Waals surface area contributed by atoms with Gasteiger partial charge < -0.3 is 10.1 Å². The predicted molar refractivity (Wildman–Crippen MR) is 88.3 cm³/mol. The molecule has 1 aromatic carbocycles. The van der Waals surface area contributed by atoms with E-state index >= 15 is 0 Å². The average Bonchev–Trinajstić information content (AvgIpc) is 2.45. The number of ether oxygens (including phenoxy) is 1. The van der Waals surface area contributed by atoms with Gasteiger partial charge in [0.15, 0.2) is 0 Å². The highest BCUT2D eigenvalue weighted by atomic mass is 35.5. The molecule has 3 nitrogen and oxygen atoms in total. The topological polar surface area (TPSA) is 34.1 Å². The van der Waals surface area contributed by atoms with Gasteiger partial charge in [-0.3, -0.25) is 0 Å². The molecule has 0 fully saturated rings. The lowest BCUT2D eigenvalue weighted by Gasteiger charge is -2.18. The Bertz CT molecular complexity index is 603. The molecule has 2 rings (SSSR count). The van der Waals surface area contributed by atoms with E-state index in [0.717, 1.165) is 17.1 Å². The molecule has 0 amide bonds. The van der Waals surface area contributed by atoms with E-state index in [2.05, 4.69) is 37.1 Å². The fourth-order valence-corrected chi connectivity index (χ4v) is 2.26. The molecule has 0 radical (unpaired) electrons. The number of hydrogen-bond donors (Lipinski definition) is 1. The van der Waals surface area contributed by atoms with Crippen molar-refractivity contribution in [2.75, 3.05) is 12.4 Å². The van der Waals surface area contributed by atoms with E-state index in [9.17, 15) is 0 Å². The first-order chi connectivity index (χ1) is 9.91. The lowest BCUT2D eigenvalue weighted by molar-refractivity contribution is 0.410. The SMILES string of the molecule is COc1cccc(Cl)c1CNc1ccc(C(C)(C)C)cn1. The molecule has 1 N–H and O–H groups in total. The second-order valence-corrected chi connectivity index (χ2v) is 6.36. The first-order valence-corrected chi connectivity index (χ1v) is 7.31. The van der Waals surface area contributed by atoms with E-state index in [1.165, 1.54) is 5.56 Å². The van der Waals surface area contributed by atoms with Gasteiger partial charge in [-0.15, -0.1) is 0 Å². The molecule has 21 heavy (non-hydrogen) atoms. The van der Waals surface area contributed by atoms with Gasteiger partial charge in [-0.2, -0.15) is 0 Å². The summed E-state index contributed by atoms with van der Waals surface area (Å²) in [6.45, 7) is 7.09. The minimum Gasteiger partial charge on any atom is -0.496 e. The normalized spacial score (nSPS) is 11.3. The van der Waals surface area contributed by atoms with E-state index in [-0.39, 0.29) is 5.41 Å². The molecule has 0 aliphatic carbocycles. The molecule has 0 aliphatic rings. The number of rotatable bonds is 4. The quantitative estimate of drug-likeness (QED) is 0.892. The number of benzene rings is 1. The minimum absolute atomic E-state index is 0.109. The van der Waals surface area contributed by atoms with Crippen LogP contribution in [0.4, 0.5) is 5.82 Å². The number of nitrogens with zero attached hydrogens (tertiary/aromatic N) is 1. The Morgan fingerprint density at radius 3 is 2.52 bits per heavy atom. The van der Waals surface area contributed by atoms with Gasteiger partial charge >= 0.3 is 0 Å². The maximum absolute atomic E-state index is 6.22. The molecule has 4 heteroatoms. The van der Waals surface area contributed by atoms with Crippen molar-refractivity contribution in [2.45, 2.75) is 32.7 Å². The molecule has 0 saturated carbocycles. The van der Waals surface area contributed by atoms with Crippen LogP contribution in [0.1, 0.15) is 31.9 Å². The second kappa shape index (κ2) is 6.35. The highest BCUT2D eigenvalue weighted by Crippen LogP contribution is 2.27. The molecule has 0 atom stereocenters. The largest absolute Gasteiger partial charge is 0.496 e. The smallest absolute Gasteiger partial charge is 0.126 e. The zero-order chi connectivity index (χ0) is 15.5. The van der Waals surface area contributed by atoms with Crippen LogP contribution in [-0.2, 0) is 12.0 Å². The summed E-state index contributed by atoms with van der Waals surface area (Å²) >= 11 is 6.22. The number of pyridine rings is 1. The standard InChI is InChI=1S/C17H21ClN2O/c1-17(2,3)12-8-9-16(19-10-12)20-11-13-14(18)6-5-7-15(13)21-4/h5-10H,11H2,1-4H3,(H,19,20). The maximum Gasteiger partial charge on any atom is 0.126 e. The van der Waals surface area contributed by atoms with Crippen molar-refractivity contribution in [3.8, 4) is 5.75 Å². The van der Waals surface area contributed by atoms with Crippen molar-refractivity contribution in [1.29, 1.82) is 0 Å². The van der Waals surface area contributed by atoms with Crippen LogP contribution in [0.3, 0.4) is 0 Å². The van der Waals surface area contributed by atoms with E-state index < -0.39 is 0 Å². The third-order valence-electron chi connectivity index (χ3n) is 3.37. The summed E-state index contributed by atoms with van der Waals surface area (Å²) in [7, 11) is 1.64. The van der Waals surface area contributed by atoms with E-state index in [4.69, 9.17) is 16.3 Å². The molecular formula is C17H21ClN2O. The third-order valence-corrected chi connectivity index (χ3v) is 3.73. The fourth-order valence-electron chi connectivity index (χ4n) is 2.02. The van der Waals surface area contributed by atoms with Gasteiger partial charge in [-0.25, -0.2) is 4.98 Å². The first kappa shape index (κ1) is 15.6. The maximum atomic E-state index is 6.22. The number of anilines is 1.